The molecule has 0 radical (unpaired) electrons. The van der Waals surface area contributed by atoms with Crippen molar-refractivity contribution in [1.82, 2.24) is 5.32 Å². The summed E-state index contributed by atoms with van der Waals surface area (Å²) in [6, 6.07) is 4.71. The minimum Gasteiger partial charge on any atom is -0.314 e. The lowest BCUT2D eigenvalue weighted by Crippen LogP contribution is -2.26. The molecule has 0 aromatic carbocycles. The Labute approximate surface area is 95.5 Å². The summed E-state index contributed by atoms with van der Waals surface area (Å²) in [4.78, 5) is 1.39. The molecule has 1 rings (SSSR count). The van der Waals surface area contributed by atoms with Crippen molar-refractivity contribution in [3.05, 3.63) is 21.3 Å². The summed E-state index contributed by atoms with van der Waals surface area (Å²) in [7, 11) is 0. The highest BCUT2D eigenvalue weighted by molar-refractivity contribution is 7.16. The molecule has 0 saturated heterocycles. The van der Waals surface area contributed by atoms with Crippen LogP contribution in [0.4, 0.5) is 0 Å². The number of rotatable bonds is 6. The molecule has 0 aliphatic carbocycles. The monoisotopic (exact) mass is 231 g/mol. The van der Waals surface area contributed by atoms with Crippen molar-refractivity contribution < 1.29 is 0 Å². The van der Waals surface area contributed by atoms with Crippen LogP contribution in [0, 0.1) is 0 Å². The number of halogens is 1. The molecule has 1 unspecified atom stereocenters. The van der Waals surface area contributed by atoms with Gasteiger partial charge in [-0.25, -0.2) is 0 Å². The van der Waals surface area contributed by atoms with E-state index in [9.17, 15) is 0 Å². The fourth-order valence-electron chi connectivity index (χ4n) is 1.34. The fraction of sp³-hybridized carbons (Fsp3) is 0.636. The average molecular weight is 232 g/mol. The van der Waals surface area contributed by atoms with E-state index in [-0.39, 0.29) is 0 Å². The predicted molar refractivity (Wildman–Crippen MR) is 65.4 cm³/mol. The first-order chi connectivity index (χ1) is 6.72. The third kappa shape index (κ3) is 4.45. The van der Waals surface area contributed by atoms with Gasteiger partial charge in [0.05, 0.1) is 4.34 Å². The highest BCUT2D eigenvalue weighted by atomic mass is 35.5. The lowest BCUT2D eigenvalue weighted by Gasteiger charge is -2.11. The highest BCUT2D eigenvalue weighted by Gasteiger charge is 2.02. The second-order valence-electron chi connectivity index (χ2n) is 3.60. The second-order valence-corrected chi connectivity index (χ2v) is 5.40. The molecule has 0 bridgehead atoms. The zero-order chi connectivity index (χ0) is 10.4. The van der Waals surface area contributed by atoms with Crippen LogP contribution in [-0.2, 0) is 6.42 Å². The van der Waals surface area contributed by atoms with Gasteiger partial charge < -0.3 is 5.32 Å². The maximum atomic E-state index is 5.86. The van der Waals surface area contributed by atoms with Gasteiger partial charge in [0.2, 0.25) is 0 Å². The molecule has 0 saturated carbocycles. The quantitative estimate of drug-likeness (QED) is 0.787. The molecular weight excluding hydrogens is 214 g/mol. The molecule has 3 heteroatoms. The average Bonchev–Trinajstić information content (AvgIpc) is 2.58. The summed E-state index contributed by atoms with van der Waals surface area (Å²) in [6.45, 7) is 5.55. The summed E-state index contributed by atoms with van der Waals surface area (Å²) < 4.78 is 0.897. The van der Waals surface area contributed by atoms with Crippen LogP contribution in [0.25, 0.3) is 0 Å². The summed E-state index contributed by atoms with van der Waals surface area (Å²) in [5.41, 5.74) is 0. The third-order valence-electron chi connectivity index (χ3n) is 2.20. The van der Waals surface area contributed by atoms with E-state index in [0.29, 0.717) is 6.04 Å². The van der Waals surface area contributed by atoms with E-state index in [2.05, 4.69) is 25.2 Å². The molecule has 0 aliphatic heterocycles. The Kier molecular flexibility index (Phi) is 5.53. The summed E-state index contributed by atoms with van der Waals surface area (Å²) in [6.07, 6.45) is 3.53. The Morgan fingerprint density at radius 2 is 2.29 bits per heavy atom. The van der Waals surface area contributed by atoms with E-state index >= 15 is 0 Å². The van der Waals surface area contributed by atoms with E-state index in [1.54, 1.807) is 11.3 Å². The molecule has 0 amide bonds. The van der Waals surface area contributed by atoms with Crippen LogP contribution in [0.2, 0.25) is 4.34 Å². The first-order valence-electron chi connectivity index (χ1n) is 5.20. The van der Waals surface area contributed by atoms with Crippen LogP contribution in [0.1, 0.15) is 31.6 Å². The molecule has 0 spiro atoms. The van der Waals surface area contributed by atoms with Crippen LogP contribution >= 0.6 is 22.9 Å². The Balaban J connectivity index is 2.20. The second kappa shape index (κ2) is 6.44. The van der Waals surface area contributed by atoms with Crippen molar-refractivity contribution in [2.75, 3.05) is 6.54 Å². The summed E-state index contributed by atoms with van der Waals surface area (Å²) in [5.74, 6) is 0. The first kappa shape index (κ1) is 12.0. The largest absolute Gasteiger partial charge is 0.314 e. The predicted octanol–water partition coefficient (Wildman–Crippen LogP) is 3.72. The van der Waals surface area contributed by atoms with Crippen LogP contribution in [0.15, 0.2) is 12.1 Å². The van der Waals surface area contributed by atoms with E-state index in [1.807, 2.05) is 6.07 Å². The van der Waals surface area contributed by atoms with Gasteiger partial charge in [-0.1, -0.05) is 18.5 Å². The Morgan fingerprint density at radius 1 is 1.50 bits per heavy atom. The molecule has 1 atom stereocenters. The van der Waals surface area contributed by atoms with Gasteiger partial charge >= 0.3 is 0 Å². The Bertz CT molecular complexity index is 260. The lowest BCUT2D eigenvalue weighted by atomic mass is 10.1. The van der Waals surface area contributed by atoms with Gasteiger partial charge in [0.15, 0.2) is 0 Å². The Hall–Kier alpha value is -0.0500. The summed E-state index contributed by atoms with van der Waals surface area (Å²) >= 11 is 7.55. The van der Waals surface area contributed by atoms with Crippen LogP contribution < -0.4 is 5.32 Å². The van der Waals surface area contributed by atoms with Crippen LogP contribution in [-0.4, -0.2) is 12.6 Å². The highest BCUT2D eigenvalue weighted by Crippen LogP contribution is 2.22. The summed E-state index contributed by atoms with van der Waals surface area (Å²) in [5, 5.41) is 3.48. The maximum Gasteiger partial charge on any atom is 0.0931 e. The minimum atomic E-state index is 0.607. The number of aryl methyl sites for hydroxylation is 1. The molecule has 1 heterocycles. The van der Waals surface area contributed by atoms with Crippen molar-refractivity contribution in [2.45, 2.75) is 39.2 Å². The molecule has 0 fully saturated rings. The van der Waals surface area contributed by atoms with E-state index in [4.69, 9.17) is 11.6 Å². The first-order valence-corrected chi connectivity index (χ1v) is 6.39. The molecule has 80 valence electrons. The minimum absolute atomic E-state index is 0.607. The normalized spacial score (nSPS) is 13.1. The van der Waals surface area contributed by atoms with E-state index in [1.165, 1.54) is 17.7 Å². The van der Waals surface area contributed by atoms with Crippen molar-refractivity contribution in [3.8, 4) is 0 Å². The zero-order valence-electron chi connectivity index (χ0n) is 8.85. The SMILES string of the molecule is CCCNC(C)CCc1ccc(Cl)s1. The molecule has 1 nitrogen and oxygen atoms in total. The molecule has 14 heavy (non-hydrogen) atoms. The molecule has 0 aliphatic rings. The van der Waals surface area contributed by atoms with Gasteiger partial charge in [-0.3, -0.25) is 0 Å². The van der Waals surface area contributed by atoms with Gasteiger partial charge in [-0.15, -0.1) is 11.3 Å². The molecule has 1 aromatic rings. The fourth-order valence-corrected chi connectivity index (χ4v) is 2.44. The number of hydrogen-bond acceptors (Lipinski definition) is 2. The van der Waals surface area contributed by atoms with Crippen molar-refractivity contribution in [2.24, 2.45) is 0 Å². The van der Waals surface area contributed by atoms with Crippen LogP contribution in [0.5, 0.6) is 0 Å². The topological polar surface area (TPSA) is 12.0 Å². The Morgan fingerprint density at radius 3 is 2.86 bits per heavy atom. The van der Waals surface area contributed by atoms with Gasteiger partial charge in [-0.2, -0.15) is 0 Å². The molecular formula is C11H18ClNS. The molecule has 1 aromatic heterocycles. The van der Waals surface area contributed by atoms with Crippen molar-refractivity contribution in [3.63, 3.8) is 0 Å². The van der Waals surface area contributed by atoms with Crippen molar-refractivity contribution in [1.29, 1.82) is 0 Å². The number of thiophene rings is 1. The van der Waals surface area contributed by atoms with Gasteiger partial charge in [-0.05, 0) is 44.9 Å². The molecule has 1 N–H and O–H groups in total. The maximum absolute atomic E-state index is 5.86. The number of nitrogens with one attached hydrogen (secondary N) is 1. The van der Waals surface area contributed by atoms with Crippen molar-refractivity contribution >= 4 is 22.9 Å². The lowest BCUT2D eigenvalue weighted by molar-refractivity contribution is 0.515. The van der Waals surface area contributed by atoms with E-state index < -0.39 is 0 Å². The van der Waals surface area contributed by atoms with E-state index in [0.717, 1.165) is 17.3 Å². The van der Waals surface area contributed by atoms with Gasteiger partial charge in [0, 0.05) is 10.9 Å². The van der Waals surface area contributed by atoms with Crippen LogP contribution in [0.3, 0.4) is 0 Å². The van der Waals surface area contributed by atoms with Gasteiger partial charge in [0.1, 0.15) is 0 Å². The standard InChI is InChI=1S/C11H18ClNS/c1-3-8-13-9(2)4-5-10-6-7-11(12)14-10/h6-7,9,13H,3-5,8H2,1-2H3. The van der Waals surface area contributed by atoms with Gasteiger partial charge in [0.25, 0.3) is 0 Å². The zero-order valence-corrected chi connectivity index (χ0v) is 10.4. The smallest absolute Gasteiger partial charge is 0.0931 e. The third-order valence-corrected chi connectivity index (χ3v) is 3.49. The number of hydrogen-bond donors (Lipinski definition) is 1.